The summed E-state index contributed by atoms with van der Waals surface area (Å²) in [5, 5.41) is 5.26. The van der Waals surface area contributed by atoms with Gasteiger partial charge in [-0.25, -0.2) is 4.98 Å². The van der Waals surface area contributed by atoms with Crippen LogP contribution in [0, 0.1) is 0 Å². The molecule has 3 N–H and O–H groups in total. The van der Waals surface area contributed by atoms with E-state index in [1.807, 2.05) is 43.3 Å². The molecule has 2 aromatic carbocycles. The van der Waals surface area contributed by atoms with Gasteiger partial charge in [0.05, 0.1) is 16.5 Å². The Balaban J connectivity index is 1.97. The zero-order chi connectivity index (χ0) is 18.3. The Morgan fingerprint density at radius 1 is 1.19 bits per heavy atom. The van der Waals surface area contributed by atoms with E-state index in [0.717, 1.165) is 10.8 Å². The van der Waals surface area contributed by atoms with Gasteiger partial charge < -0.3 is 11.1 Å². The van der Waals surface area contributed by atoms with Gasteiger partial charge in [0, 0.05) is 18.8 Å². The standard InChI is InChI=1S/C20H18N4O2/c1-12(21)11-22-19(25)15-7-4-8-24-18(15)23-17-10-14-6-3-2-5-13(14)9-16(17)20(24)26/h2-10,12H,11,21H2,1H3,(H,22,25)/t12-/m0/s1. The average Bonchev–Trinajstić information content (AvgIpc) is 2.64. The number of nitrogens with two attached hydrogens (primary N) is 1. The van der Waals surface area contributed by atoms with E-state index in [0.29, 0.717) is 28.7 Å². The average molecular weight is 346 g/mol. The lowest BCUT2D eigenvalue weighted by atomic mass is 10.1. The fourth-order valence-electron chi connectivity index (χ4n) is 3.04. The minimum atomic E-state index is -0.299. The summed E-state index contributed by atoms with van der Waals surface area (Å²) >= 11 is 0. The van der Waals surface area contributed by atoms with Crippen molar-refractivity contribution in [2.24, 2.45) is 5.73 Å². The van der Waals surface area contributed by atoms with Crippen molar-refractivity contribution in [3.63, 3.8) is 0 Å². The molecule has 6 heteroatoms. The molecule has 0 aliphatic heterocycles. The minimum Gasteiger partial charge on any atom is -0.350 e. The summed E-state index contributed by atoms with van der Waals surface area (Å²) in [6.07, 6.45) is 1.63. The number of pyridine rings is 1. The first-order valence-electron chi connectivity index (χ1n) is 8.42. The van der Waals surface area contributed by atoms with Crippen LogP contribution >= 0.6 is 0 Å². The molecule has 0 bridgehead atoms. The van der Waals surface area contributed by atoms with Crippen molar-refractivity contribution < 1.29 is 4.79 Å². The Morgan fingerprint density at radius 3 is 2.65 bits per heavy atom. The van der Waals surface area contributed by atoms with Gasteiger partial charge in [-0.15, -0.1) is 0 Å². The Kier molecular flexibility index (Phi) is 3.89. The van der Waals surface area contributed by atoms with E-state index >= 15 is 0 Å². The number of hydrogen-bond donors (Lipinski definition) is 2. The highest BCUT2D eigenvalue weighted by atomic mass is 16.2. The first-order chi connectivity index (χ1) is 12.5. The number of rotatable bonds is 3. The van der Waals surface area contributed by atoms with Crippen LogP contribution in [0.2, 0.25) is 0 Å². The van der Waals surface area contributed by atoms with Crippen molar-refractivity contribution in [1.29, 1.82) is 0 Å². The molecule has 4 rings (SSSR count). The molecular weight excluding hydrogens is 328 g/mol. The predicted octanol–water partition coefficient (Wildman–Crippen LogP) is 2.08. The molecule has 26 heavy (non-hydrogen) atoms. The van der Waals surface area contributed by atoms with Crippen molar-refractivity contribution in [3.8, 4) is 0 Å². The van der Waals surface area contributed by atoms with Gasteiger partial charge in [-0.05, 0) is 42.0 Å². The maximum Gasteiger partial charge on any atom is 0.265 e. The molecule has 0 spiro atoms. The van der Waals surface area contributed by atoms with Gasteiger partial charge in [-0.3, -0.25) is 14.0 Å². The molecule has 0 radical (unpaired) electrons. The zero-order valence-corrected chi connectivity index (χ0v) is 14.3. The minimum absolute atomic E-state index is 0.156. The number of carbonyl (C=O) groups excluding carboxylic acids is 1. The number of nitrogens with one attached hydrogen (secondary N) is 1. The van der Waals surface area contributed by atoms with Crippen LogP contribution in [0.15, 0.2) is 59.5 Å². The largest absolute Gasteiger partial charge is 0.350 e. The lowest BCUT2D eigenvalue weighted by Gasteiger charge is -2.11. The highest BCUT2D eigenvalue weighted by Gasteiger charge is 2.15. The number of carbonyl (C=O) groups is 1. The van der Waals surface area contributed by atoms with E-state index in [4.69, 9.17) is 5.73 Å². The molecule has 1 amide bonds. The molecular formula is C20H18N4O2. The Bertz CT molecular complexity index is 1210. The third kappa shape index (κ3) is 2.70. The summed E-state index contributed by atoms with van der Waals surface area (Å²) in [6.45, 7) is 2.16. The second-order valence-corrected chi connectivity index (χ2v) is 6.44. The van der Waals surface area contributed by atoms with Gasteiger partial charge in [-0.1, -0.05) is 24.3 Å². The summed E-state index contributed by atoms with van der Waals surface area (Å²) in [5.74, 6) is -0.299. The number of hydrogen-bond acceptors (Lipinski definition) is 4. The lowest BCUT2D eigenvalue weighted by Crippen LogP contribution is -2.35. The molecule has 0 saturated carbocycles. The van der Waals surface area contributed by atoms with Crippen LogP contribution in [0.5, 0.6) is 0 Å². The van der Waals surface area contributed by atoms with Gasteiger partial charge in [0.25, 0.3) is 11.5 Å². The summed E-state index contributed by atoms with van der Waals surface area (Å²) in [5.41, 5.74) is 6.75. The van der Waals surface area contributed by atoms with Crippen LogP contribution in [-0.4, -0.2) is 27.9 Å². The molecule has 0 aliphatic rings. The predicted molar refractivity (Wildman–Crippen MR) is 102 cm³/mol. The highest BCUT2D eigenvalue weighted by molar-refractivity contribution is 6.02. The van der Waals surface area contributed by atoms with Crippen molar-refractivity contribution in [3.05, 3.63) is 70.6 Å². The van der Waals surface area contributed by atoms with Crippen LogP contribution in [0.25, 0.3) is 27.3 Å². The number of amides is 1. The molecule has 0 aliphatic carbocycles. The summed E-state index contributed by atoms with van der Waals surface area (Å²) in [4.78, 5) is 30.1. The second-order valence-electron chi connectivity index (χ2n) is 6.44. The summed E-state index contributed by atoms with van der Waals surface area (Å²) in [7, 11) is 0. The molecule has 2 heterocycles. The second kappa shape index (κ2) is 6.24. The first kappa shape index (κ1) is 16.2. The third-order valence-electron chi connectivity index (χ3n) is 4.34. The lowest BCUT2D eigenvalue weighted by molar-refractivity contribution is 0.0953. The van der Waals surface area contributed by atoms with E-state index in [-0.39, 0.29) is 17.5 Å². The van der Waals surface area contributed by atoms with Gasteiger partial charge in [0.2, 0.25) is 0 Å². The van der Waals surface area contributed by atoms with Crippen LogP contribution < -0.4 is 16.6 Å². The van der Waals surface area contributed by atoms with Gasteiger partial charge >= 0.3 is 0 Å². The molecule has 130 valence electrons. The van der Waals surface area contributed by atoms with Crippen LogP contribution in [0.4, 0.5) is 0 Å². The summed E-state index contributed by atoms with van der Waals surface area (Å²) in [6, 6.07) is 14.7. The quantitative estimate of drug-likeness (QED) is 0.556. The van der Waals surface area contributed by atoms with Crippen LogP contribution in [0.1, 0.15) is 17.3 Å². The van der Waals surface area contributed by atoms with Crippen LogP contribution in [0.3, 0.4) is 0 Å². The smallest absolute Gasteiger partial charge is 0.265 e. The normalized spacial score (nSPS) is 12.5. The van der Waals surface area contributed by atoms with Crippen molar-refractivity contribution in [2.45, 2.75) is 13.0 Å². The van der Waals surface area contributed by atoms with Crippen LogP contribution in [-0.2, 0) is 0 Å². The fourth-order valence-corrected chi connectivity index (χ4v) is 3.04. The maximum absolute atomic E-state index is 12.9. The fraction of sp³-hybridized carbons (Fsp3) is 0.150. The van der Waals surface area contributed by atoms with Gasteiger partial charge in [-0.2, -0.15) is 0 Å². The molecule has 0 unspecified atom stereocenters. The van der Waals surface area contributed by atoms with E-state index in [2.05, 4.69) is 10.3 Å². The number of fused-ring (bicyclic) bond motifs is 3. The van der Waals surface area contributed by atoms with Gasteiger partial charge in [0.15, 0.2) is 5.65 Å². The maximum atomic E-state index is 12.9. The summed E-state index contributed by atoms with van der Waals surface area (Å²) < 4.78 is 1.41. The molecule has 0 fully saturated rings. The van der Waals surface area contributed by atoms with E-state index in [1.165, 1.54) is 4.40 Å². The Hall–Kier alpha value is -3.25. The molecule has 1 atom stereocenters. The van der Waals surface area contributed by atoms with Crippen molar-refractivity contribution >= 4 is 33.2 Å². The molecule has 0 saturated heterocycles. The molecule has 6 nitrogen and oxygen atoms in total. The molecule has 2 aromatic heterocycles. The first-order valence-corrected chi connectivity index (χ1v) is 8.42. The monoisotopic (exact) mass is 346 g/mol. The van der Waals surface area contributed by atoms with E-state index < -0.39 is 0 Å². The SMILES string of the molecule is C[C@H](N)CNC(=O)c1cccn2c(=O)c3cc4ccccc4cc3nc12. The van der Waals surface area contributed by atoms with E-state index in [9.17, 15) is 9.59 Å². The van der Waals surface area contributed by atoms with Gasteiger partial charge in [0.1, 0.15) is 0 Å². The van der Waals surface area contributed by atoms with Crippen molar-refractivity contribution in [1.82, 2.24) is 14.7 Å². The zero-order valence-electron chi connectivity index (χ0n) is 14.3. The Labute approximate surface area is 149 Å². The number of nitrogens with zero attached hydrogens (tertiary/aromatic N) is 2. The van der Waals surface area contributed by atoms with Crippen molar-refractivity contribution in [2.75, 3.05) is 6.54 Å². The van der Waals surface area contributed by atoms with E-state index in [1.54, 1.807) is 18.3 Å². The topological polar surface area (TPSA) is 89.5 Å². The third-order valence-corrected chi connectivity index (χ3v) is 4.34. The Morgan fingerprint density at radius 2 is 1.92 bits per heavy atom. The molecule has 4 aromatic rings. The number of aromatic nitrogens is 2. The highest BCUT2D eigenvalue weighted by Crippen LogP contribution is 2.20. The number of benzene rings is 2.